The summed E-state index contributed by atoms with van der Waals surface area (Å²) in [5.41, 5.74) is 1.23. The monoisotopic (exact) mass is 334 g/mol. The van der Waals surface area contributed by atoms with Crippen LogP contribution in [-0.4, -0.2) is 48.7 Å². The number of hydrogen-bond donors (Lipinski definition) is 1. The number of quaternary nitrogens is 1. The molecule has 0 saturated carbocycles. The lowest BCUT2D eigenvalue weighted by atomic mass is 10.0. The van der Waals surface area contributed by atoms with E-state index in [2.05, 4.69) is 0 Å². The second-order valence-electron chi connectivity index (χ2n) is 7.29. The zero-order valence-electron chi connectivity index (χ0n) is 14.8. The van der Waals surface area contributed by atoms with E-state index in [0.717, 1.165) is 16.0 Å². The average molecular weight is 334 g/mol. The number of rotatable bonds is 3. The quantitative estimate of drug-likeness (QED) is 0.839. The molecule has 6 heteroatoms. The first-order valence-electron chi connectivity index (χ1n) is 8.27. The van der Waals surface area contributed by atoms with Gasteiger partial charge in [0.2, 0.25) is 0 Å². The predicted molar refractivity (Wildman–Crippen MR) is 87.4 cm³/mol. The van der Waals surface area contributed by atoms with E-state index in [1.54, 1.807) is 4.90 Å². The van der Waals surface area contributed by atoms with Crippen LogP contribution in [0.25, 0.3) is 0 Å². The maximum Gasteiger partial charge on any atom is 0.410 e. The van der Waals surface area contributed by atoms with Crippen molar-refractivity contribution in [3.63, 3.8) is 0 Å². The summed E-state index contributed by atoms with van der Waals surface area (Å²) in [6.07, 6.45) is -0.345. The van der Waals surface area contributed by atoms with Crippen LogP contribution in [0.3, 0.4) is 0 Å². The molecule has 1 fully saturated rings. The molecular formula is C18H26N2O4. The van der Waals surface area contributed by atoms with Gasteiger partial charge in [-0.2, -0.15) is 0 Å². The number of ether oxygens (including phenoxy) is 1. The molecule has 0 aliphatic carbocycles. The van der Waals surface area contributed by atoms with Gasteiger partial charge in [0.25, 0.3) is 0 Å². The molecule has 0 unspecified atom stereocenters. The molecule has 1 N–H and O–H groups in total. The molecule has 1 aromatic rings. The fraction of sp³-hybridized carbons (Fsp3) is 0.556. The van der Waals surface area contributed by atoms with E-state index >= 15 is 0 Å². The number of nitrogens with one attached hydrogen (secondary N) is 1. The lowest BCUT2D eigenvalue weighted by Gasteiger charge is -2.37. The smallest absolute Gasteiger partial charge is 0.410 e. The standard InChI is InChI=1S/C18H26N2O4/c1-13-6-5-7-14(12-13)15(16(21)22)19-8-10-20(11-9-19)17(23)24-18(2,3)4/h5-7,12,15H,8-11H2,1-4H3,(H,21,22)/t15-/m0/s1. The van der Waals surface area contributed by atoms with Crippen LogP contribution in [0.5, 0.6) is 0 Å². The number of nitrogens with zero attached hydrogens (tertiary/aromatic N) is 1. The van der Waals surface area contributed by atoms with Crippen molar-refractivity contribution in [3.05, 3.63) is 35.4 Å². The van der Waals surface area contributed by atoms with Gasteiger partial charge in [-0.15, -0.1) is 0 Å². The molecule has 132 valence electrons. The van der Waals surface area contributed by atoms with Crippen molar-refractivity contribution in [2.24, 2.45) is 0 Å². The zero-order valence-corrected chi connectivity index (χ0v) is 14.8. The fourth-order valence-corrected chi connectivity index (χ4v) is 2.98. The minimum absolute atomic E-state index is 0.345. The van der Waals surface area contributed by atoms with Gasteiger partial charge in [0, 0.05) is 5.56 Å². The molecule has 0 aromatic heterocycles. The Bertz CT molecular complexity index is 601. The van der Waals surface area contributed by atoms with E-state index < -0.39 is 17.6 Å². The molecule has 0 bridgehead atoms. The van der Waals surface area contributed by atoms with Crippen LogP contribution in [0.2, 0.25) is 0 Å². The molecule has 0 radical (unpaired) electrons. The summed E-state index contributed by atoms with van der Waals surface area (Å²) in [6, 6.07) is 6.78. The molecule has 6 nitrogen and oxygen atoms in total. The lowest BCUT2D eigenvalue weighted by Crippen LogP contribution is -3.16. The number of aryl methyl sites for hydroxylation is 1. The highest BCUT2D eigenvalue weighted by molar-refractivity contribution is 5.72. The van der Waals surface area contributed by atoms with Crippen LogP contribution < -0.4 is 10.0 Å². The first-order chi connectivity index (χ1) is 11.2. The normalized spacial score (nSPS) is 17.4. The van der Waals surface area contributed by atoms with Gasteiger partial charge >= 0.3 is 6.09 Å². The van der Waals surface area contributed by atoms with E-state index in [4.69, 9.17) is 4.74 Å². The molecule has 1 saturated heterocycles. The Hall–Kier alpha value is -2.08. The number of piperazine rings is 1. The van der Waals surface area contributed by atoms with Crippen LogP contribution in [0, 0.1) is 6.92 Å². The van der Waals surface area contributed by atoms with E-state index in [-0.39, 0.29) is 6.09 Å². The fourth-order valence-electron chi connectivity index (χ4n) is 2.98. The number of aliphatic carboxylic acids is 1. The molecule has 1 amide bonds. The van der Waals surface area contributed by atoms with Gasteiger partial charge in [-0.05, 0) is 33.8 Å². The highest BCUT2D eigenvalue weighted by atomic mass is 16.6. The molecule has 1 atom stereocenters. The maximum atomic E-state index is 12.1. The van der Waals surface area contributed by atoms with Crippen LogP contribution in [0.1, 0.15) is 37.9 Å². The van der Waals surface area contributed by atoms with E-state index in [9.17, 15) is 14.7 Å². The highest BCUT2D eigenvalue weighted by Crippen LogP contribution is 2.13. The van der Waals surface area contributed by atoms with Gasteiger partial charge in [-0.25, -0.2) is 4.79 Å². The Morgan fingerprint density at radius 2 is 1.88 bits per heavy atom. The summed E-state index contributed by atoms with van der Waals surface area (Å²) in [4.78, 5) is 26.3. The average Bonchev–Trinajstić information content (AvgIpc) is 2.46. The number of carboxylic acids is 1. The number of amides is 1. The summed E-state index contributed by atoms with van der Waals surface area (Å²) in [5.74, 6) is -1.08. The summed E-state index contributed by atoms with van der Waals surface area (Å²) in [5, 5.41) is 11.7. The van der Waals surface area contributed by atoms with Crippen molar-refractivity contribution in [2.45, 2.75) is 39.3 Å². The van der Waals surface area contributed by atoms with Crippen LogP contribution in [0.4, 0.5) is 4.79 Å². The van der Waals surface area contributed by atoms with Crippen molar-refractivity contribution in [2.75, 3.05) is 26.2 Å². The van der Waals surface area contributed by atoms with Crippen molar-refractivity contribution < 1.29 is 24.3 Å². The molecule has 1 heterocycles. The zero-order chi connectivity index (χ0) is 17.9. The Morgan fingerprint density at radius 1 is 1.25 bits per heavy atom. The molecular weight excluding hydrogens is 308 g/mol. The maximum absolute atomic E-state index is 12.1. The third-order valence-electron chi connectivity index (χ3n) is 4.08. The minimum Gasteiger partial charge on any atom is -0.544 e. The van der Waals surface area contributed by atoms with E-state index in [1.807, 2.05) is 52.0 Å². The van der Waals surface area contributed by atoms with Gasteiger partial charge in [-0.1, -0.05) is 23.8 Å². The molecule has 24 heavy (non-hydrogen) atoms. The second kappa shape index (κ2) is 7.21. The number of carboxylic acid groups (broad SMARTS) is 1. The lowest BCUT2D eigenvalue weighted by molar-refractivity contribution is -0.928. The minimum atomic E-state index is -1.08. The number of carbonyl (C=O) groups is 2. The van der Waals surface area contributed by atoms with Gasteiger partial charge < -0.3 is 19.5 Å². The Kier molecular flexibility index (Phi) is 5.49. The summed E-state index contributed by atoms with van der Waals surface area (Å²) < 4.78 is 5.37. The molecule has 2 rings (SSSR count). The Labute approximate surface area is 143 Å². The molecule has 1 aromatic carbocycles. The Morgan fingerprint density at radius 3 is 2.38 bits per heavy atom. The predicted octanol–water partition coefficient (Wildman–Crippen LogP) is -0.0784. The molecule has 1 aliphatic heterocycles. The van der Waals surface area contributed by atoms with Crippen molar-refractivity contribution in [1.29, 1.82) is 0 Å². The summed E-state index contributed by atoms with van der Waals surface area (Å²) >= 11 is 0. The third-order valence-corrected chi connectivity index (χ3v) is 4.08. The van der Waals surface area contributed by atoms with Gasteiger partial charge in [0.1, 0.15) is 11.6 Å². The van der Waals surface area contributed by atoms with Crippen LogP contribution >= 0.6 is 0 Å². The van der Waals surface area contributed by atoms with Crippen molar-refractivity contribution in [3.8, 4) is 0 Å². The number of hydrogen-bond acceptors (Lipinski definition) is 4. The SMILES string of the molecule is Cc1cccc([C@@H](C(=O)[O-])[NH+]2CCN(C(=O)OC(C)(C)C)CC2)c1. The van der Waals surface area contributed by atoms with Crippen LogP contribution in [-0.2, 0) is 9.53 Å². The van der Waals surface area contributed by atoms with Crippen molar-refractivity contribution >= 4 is 12.1 Å². The first-order valence-corrected chi connectivity index (χ1v) is 8.27. The molecule has 0 spiro atoms. The van der Waals surface area contributed by atoms with Crippen LogP contribution in [0.15, 0.2) is 24.3 Å². The second-order valence-corrected chi connectivity index (χ2v) is 7.29. The molecule has 1 aliphatic rings. The van der Waals surface area contributed by atoms with Gasteiger partial charge in [-0.3, -0.25) is 4.90 Å². The summed E-state index contributed by atoms with van der Waals surface area (Å²) in [7, 11) is 0. The number of carbonyl (C=O) groups excluding carboxylic acids is 2. The van der Waals surface area contributed by atoms with Crippen molar-refractivity contribution in [1.82, 2.24) is 4.90 Å². The largest absolute Gasteiger partial charge is 0.544 e. The third kappa shape index (κ3) is 4.71. The van der Waals surface area contributed by atoms with E-state index in [0.29, 0.717) is 26.2 Å². The highest BCUT2D eigenvalue weighted by Gasteiger charge is 2.32. The Balaban J connectivity index is 2.04. The van der Waals surface area contributed by atoms with Gasteiger partial charge in [0.15, 0.2) is 6.04 Å². The number of benzene rings is 1. The van der Waals surface area contributed by atoms with Gasteiger partial charge in [0.05, 0.1) is 26.2 Å². The van der Waals surface area contributed by atoms with E-state index in [1.165, 1.54) is 0 Å². The first kappa shape index (κ1) is 18.3. The topological polar surface area (TPSA) is 74.1 Å². The summed E-state index contributed by atoms with van der Waals surface area (Å²) in [6.45, 7) is 9.46.